The molecule has 57 heavy (non-hydrogen) atoms. The van der Waals surface area contributed by atoms with E-state index in [9.17, 15) is 19.2 Å². The van der Waals surface area contributed by atoms with Gasteiger partial charge in [-0.05, 0) is 54.0 Å². The molecule has 4 aromatic rings. The molecule has 4 heterocycles. The van der Waals surface area contributed by atoms with E-state index in [1.807, 2.05) is 75.2 Å². The first-order chi connectivity index (χ1) is 27.3. The molecule has 2 aliphatic heterocycles. The summed E-state index contributed by atoms with van der Waals surface area (Å²) in [6, 6.07) is 14.2. The number of benzene rings is 2. The molecule has 14 nitrogen and oxygen atoms in total. The number of alkyl carbamates (subject to hydrolysis) is 2. The molecule has 4 N–H and O–H groups in total. The summed E-state index contributed by atoms with van der Waals surface area (Å²) in [4.78, 5) is 71.2. The molecule has 6 rings (SSSR count). The maximum Gasteiger partial charge on any atom is 0.407 e. The number of aromatic amines is 2. The fourth-order valence-corrected chi connectivity index (χ4v) is 8.52. The lowest BCUT2D eigenvalue weighted by Gasteiger charge is -2.30. The number of nitrogens with one attached hydrogen (secondary N) is 4. The minimum atomic E-state index is -0.726. The van der Waals surface area contributed by atoms with Crippen LogP contribution in [0.3, 0.4) is 0 Å². The second-order valence-electron chi connectivity index (χ2n) is 15.1. The van der Waals surface area contributed by atoms with Crippen LogP contribution in [0.2, 0.25) is 5.15 Å². The standard InChI is InChI=1S/C41H51ClN8O6S/c1-22(2)32(46-40(53)55-5)38(51)49-18-8-9-30(49)37-45-34(35(42)48-37)27-16-12-25(13-17-27)24-10-14-26(15-11-24)29-20-43-36(44-29)31-19-28(57-7)21-50(31)39(52)33(23(3)4)47-41(54)56-6/h10-17,20,22-23,28,30-33H,8-9,18-19,21H2,1-7H3,(H,43,44)(H,45,48)(H,46,53)(H,47,54)/t28-,30-,31-,32-,33-/m0/s1. The Kier molecular flexibility index (Phi) is 13.2. The van der Waals surface area contributed by atoms with E-state index in [1.165, 1.54) is 14.2 Å². The number of H-pyrrole nitrogens is 2. The number of halogens is 1. The number of nitrogens with zero attached hydrogens (tertiary/aromatic N) is 4. The lowest BCUT2D eigenvalue weighted by atomic mass is 10.0. The average Bonchev–Trinajstić information content (AvgIpc) is 4.04. The first kappa shape index (κ1) is 41.6. The summed E-state index contributed by atoms with van der Waals surface area (Å²) in [7, 11) is 2.57. The third kappa shape index (κ3) is 9.09. The molecule has 16 heteroatoms. The Morgan fingerprint density at radius 1 is 0.789 bits per heavy atom. The van der Waals surface area contributed by atoms with Crippen molar-refractivity contribution in [3.63, 3.8) is 0 Å². The molecule has 4 amide bonds. The largest absolute Gasteiger partial charge is 0.453 e. The predicted octanol–water partition coefficient (Wildman–Crippen LogP) is 7.22. The van der Waals surface area contributed by atoms with Gasteiger partial charge in [-0.15, -0.1) is 0 Å². The molecule has 5 atom stereocenters. The molecule has 2 saturated heterocycles. The molecule has 0 bridgehead atoms. The van der Waals surface area contributed by atoms with Gasteiger partial charge in [0, 0.05) is 23.9 Å². The number of methoxy groups -OCH3 is 2. The Bertz CT molecular complexity index is 2050. The van der Waals surface area contributed by atoms with E-state index < -0.39 is 24.3 Å². The number of hydrogen-bond donors (Lipinski definition) is 4. The van der Waals surface area contributed by atoms with E-state index >= 15 is 0 Å². The minimum absolute atomic E-state index is 0.127. The lowest BCUT2D eigenvalue weighted by molar-refractivity contribution is -0.136. The van der Waals surface area contributed by atoms with Crippen LogP contribution >= 0.6 is 23.4 Å². The van der Waals surface area contributed by atoms with Gasteiger partial charge in [-0.25, -0.2) is 19.6 Å². The molecule has 2 fully saturated rings. The van der Waals surface area contributed by atoms with Crippen molar-refractivity contribution in [2.45, 2.75) is 76.4 Å². The number of likely N-dealkylation sites (tertiary alicyclic amines) is 2. The zero-order chi connectivity index (χ0) is 41.0. The molecule has 0 aliphatic carbocycles. The van der Waals surface area contributed by atoms with Crippen LogP contribution in [0.4, 0.5) is 9.59 Å². The van der Waals surface area contributed by atoms with Gasteiger partial charge in [-0.3, -0.25) is 9.59 Å². The molecule has 304 valence electrons. The monoisotopic (exact) mass is 818 g/mol. The maximum absolute atomic E-state index is 13.8. The van der Waals surface area contributed by atoms with Crippen LogP contribution in [0.5, 0.6) is 0 Å². The summed E-state index contributed by atoms with van der Waals surface area (Å²) in [5.41, 5.74) is 5.36. The number of hydrogen-bond acceptors (Lipinski definition) is 9. The molecule has 0 unspecified atom stereocenters. The Labute approximate surface area is 342 Å². The second-order valence-corrected chi connectivity index (χ2v) is 16.6. The fraction of sp³-hybridized carbons (Fsp3) is 0.463. The third-order valence-electron chi connectivity index (χ3n) is 10.8. The van der Waals surface area contributed by atoms with Crippen LogP contribution in [0.25, 0.3) is 33.6 Å². The Morgan fingerprint density at radius 3 is 1.88 bits per heavy atom. The van der Waals surface area contributed by atoms with Gasteiger partial charge < -0.3 is 39.9 Å². The van der Waals surface area contributed by atoms with Gasteiger partial charge >= 0.3 is 12.2 Å². The van der Waals surface area contributed by atoms with Crippen molar-refractivity contribution in [2.24, 2.45) is 11.8 Å². The van der Waals surface area contributed by atoms with Crippen molar-refractivity contribution < 1.29 is 28.7 Å². The van der Waals surface area contributed by atoms with Crippen LogP contribution in [0.1, 0.15) is 70.7 Å². The highest BCUT2D eigenvalue weighted by atomic mass is 35.5. The highest BCUT2D eigenvalue weighted by Gasteiger charge is 2.42. The van der Waals surface area contributed by atoms with Crippen molar-refractivity contribution in [3.05, 3.63) is 71.5 Å². The average molecular weight is 819 g/mol. The Hall–Kier alpha value is -5.02. The number of aromatic nitrogens is 4. The molecule has 2 aromatic heterocycles. The van der Waals surface area contributed by atoms with Crippen molar-refractivity contribution in [2.75, 3.05) is 33.6 Å². The summed E-state index contributed by atoms with van der Waals surface area (Å²) >= 11 is 8.40. The van der Waals surface area contributed by atoms with Gasteiger partial charge in [0.25, 0.3) is 0 Å². The summed E-state index contributed by atoms with van der Waals surface area (Å²) in [6.45, 7) is 8.68. The number of carbonyl (C=O) groups is 4. The predicted molar refractivity (Wildman–Crippen MR) is 220 cm³/mol. The molecular weight excluding hydrogens is 768 g/mol. The van der Waals surface area contributed by atoms with Crippen molar-refractivity contribution in [1.82, 2.24) is 40.4 Å². The molecule has 0 spiro atoms. The molecule has 2 aromatic carbocycles. The highest BCUT2D eigenvalue weighted by Crippen LogP contribution is 2.38. The first-order valence-electron chi connectivity index (χ1n) is 19.2. The van der Waals surface area contributed by atoms with Gasteiger partial charge in [0.1, 0.15) is 23.7 Å². The minimum Gasteiger partial charge on any atom is -0.453 e. The quantitative estimate of drug-likeness (QED) is 0.115. The van der Waals surface area contributed by atoms with E-state index in [4.69, 9.17) is 26.1 Å². The van der Waals surface area contributed by atoms with E-state index in [0.29, 0.717) is 35.6 Å². The van der Waals surface area contributed by atoms with E-state index in [1.54, 1.807) is 22.9 Å². The number of ether oxygens (including phenoxy) is 2. The number of imidazole rings is 2. The molecule has 0 radical (unpaired) electrons. The number of thioether (sulfide) groups is 1. The summed E-state index contributed by atoms with van der Waals surface area (Å²) < 4.78 is 9.54. The second kappa shape index (κ2) is 18.1. The SMILES string of the molecule is COC(=O)N[C@H](C(=O)N1C[C@@H](SC)C[C@H]1c1ncc(-c2ccc(-c3ccc(-c4[nH]c([C@@H]5CCCN5C(=O)[C@@H](NC(=O)OC)C(C)C)nc4Cl)cc3)cc2)[nH]1)C(C)C. The number of carbonyl (C=O) groups excluding carboxylic acids is 4. The zero-order valence-electron chi connectivity index (χ0n) is 33.3. The number of amides is 4. The Morgan fingerprint density at radius 2 is 1.33 bits per heavy atom. The van der Waals surface area contributed by atoms with Gasteiger partial charge in [0.05, 0.1) is 43.9 Å². The topological polar surface area (TPSA) is 175 Å². The van der Waals surface area contributed by atoms with Crippen LogP contribution in [0.15, 0.2) is 54.7 Å². The zero-order valence-corrected chi connectivity index (χ0v) is 34.9. The summed E-state index contributed by atoms with van der Waals surface area (Å²) in [6.07, 6.45) is 4.83. The normalized spacial score (nSPS) is 19.2. The fourth-order valence-electron chi connectivity index (χ4n) is 7.58. The van der Waals surface area contributed by atoms with Gasteiger partial charge in [0.15, 0.2) is 5.15 Å². The summed E-state index contributed by atoms with van der Waals surface area (Å²) in [5, 5.41) is 5.95. The van der Waals surface area contributed by atoms with Crippen LogP contribution < -0.4 is 10.6 Å². The highest BCUT2D eigenvalue weighted by molar-refractivity contribution is 7.99. The molecule has 2 aliphatic rings. The number of rotatable bonds is 12. The first-order valence-corrected chi connectivity index (χ1v) is 20.8. The lowest BCUT2D eigenvalue weighted by Crippen LogP contribution is -2.51. The van der Waals surface area contributed by atoms with Gasteiger partial charge in [-0.2, -0.15) is 11.8 Å². The van der Waals surface area contributed by atoms with Crippen molar-refractivity contribution >= 4 is 47.4 Å². The van der Waals surface area contributed by atoms with Crippen molar-refractivity contribution in [1.29, 1.82) is 0 Å². The Balaban J connectivity index is 1.14. The van der Waals surface area contributed by atoms with E-state index in [2.05, 4.69) is 37.7 Å². The molecule has 0 saturated carbocycles. The maximum atomic E-state index is 13.8. The molecular formula is C41H51ClN8O6S. The van der Waals surface area contributed by atoms with Crippen LogP contribution in [-0.2, 0) is 19.1 Å². The van der Waals surface area contributed by atoms with E-state index in [0.717, 1.165) is 47.2 Å². The van der Waals surface area contributed by atoms with Crippen LogP contribution in [0, 0.1) is 11.8 Å². The van der Waals surface area contributed by atoms with Gasteiger partial charge in [-0.1, -0.05) is 87.8 Å². The third-order valence-corrected chi connectivity index (χ3v) is 12.1. The smallest absolute Gasteiger partial charge is 0.407 e. The van der Waals surface area contributed by atoms with Crippen molar-refractivity contribution in [3.8, 4) is 33.6 Å². The van der Waals surface area contributed by atoms with E-state index in [-0.39, 0.29) is 41.0 Å². The van der Waals surface area contributed by atoms with Crippen LogP contribution in [-0.4, -0.2) is 105 Å². The van der Waals surface area contributed by atoms with Gasteiger partial charge in [0.2, 0.25) is 11.8 Å². The summed E-state index contributed by atoms with van der Waals surface area (Å²) in [5.74, 6) is 0.715.